The van der Waals surface area contributed by atoms with Gasteiger partial charge < -0.3 is 5.32 Å². The molecule has 3 heteroatoms. The molecule has 1 heterocycles. The molecule has 4 atom stereocenters. The number of nitrogens with one attached hydrogen (secondary N) is 1. The fraction of sp³-hybridized carbons (Fsp3) is 0.812. The molecule has 1 aromatic heterocycles. The number of hydrogen-bond acceptors (Lipinski definition) is 2. The fourth-order valence-electron chi connectivity index (χ4n) is 4.24. The van der Waals surface area contributed by atoms with Gasteiger partial charge in [-0.25, -0.2) is 0 Å². The summed E-state index contributed by atoms with van der Waals surface area (Å²) in [7, 11) is 2.01. The first-order chi connectivity index (χ1) is 9.26. The molecular weight excluding hydrogens is 234 g/mol. The van der Waals surface area contributed by atoms with Crippen molar-refractivity contribution in [2.24, 2.45) is 24.8 Å². The summed E-state index contributed by atoms with van der Waals surface area (Å²) in [5.74, 6) is 3.02. The number of nitrogens with zero attached hydrogens (tertiary/aromatic N) is 2. The summed E-state index contributed by atoms with van der Waals surface area (Å²) in [6.45, 7) is 3.35. The van der Waals surface area contributed by atoms with Crippen LogP contribution in [-0.4, -0.2) is 16.3 Å². The third-order valence-corrected chi connectivity index (χ3v) is 5.19. The second-order valence-electron chi connectivity index (χ2n) is 6.62. The molecule has 1 N–H and O–H groups in total. The van der Waals surface area contributed by atoms with E-state index in [-0.39, 0.29) is 0 Å². The maximum atomic E-state index is 4.34. The number of fused-ring (bicyclic) bond motifs is 2. The number of aryl methyl sites for hydroxylation is 1. The molecule has 106 valence electrons. The van der Waals surface area contributed by atoms with Crippen LogP contribution in [0.2, 0.25) is 0 Å². The van der Waals surface area contributed by atoms with Crippen LogP contribution in [0.1, 0.15) is 57.1 Å². The van der Waals surface area contributed by atoms with Gasteiger partial charge in [0.2, 0.25) is 0 Å². The predicted molar refractivity (Wildman–Crippen MR) is 77.8 cm³/mol. The van der Waals surface area contributed by atoms with Crippen molar-refractivity contribution in [1.82, 2.24) is 15.1 Å². The highest BCUT2D eigenvalue weighted by Crippen LogP contribution is 2.50. The molecule has 19 heavy (non-hydrogen) atoms. The van der Waals surface area contributed by atoms with Crippen LogP contribution >= 0.6 is 0 Å². The number of hydrogen-bond donors (Lipinski definition) is 1. The van der Waals surface area contributed by atoms with Gasteiger partial charge in [-0.2, -0.15) is 5.10 Å². The Morgan fingerprint density at radius 3 is 2.89 bits per heavy atom. The standard InChI is InChI=1S/C16H27N3/c1-3-6-17-16(15-10-18-19(2)11-15)9-14-8-12-4-5-13(14)7-12/h10-14,16-17H,3-9H2,1-2H3. The monoisotopic (exact) mass is 261 g/mol. The summed E-state index contributed by atoms with van der Waals surface area (Å²) >= 11 is 0. The molecule has 0 spiro atoms. The Labute approximate surface area is 116 Å². The van der Waals surface area contributed by atoms with E-state index in [0.29, 0.717) is 6.04 Å². The van der Waals surface area contributed by atoms with E-state index in [4.69, 9.17) is 0 Å². The van der Waals surface area contributed by atoms with Gasteiger partial charge in [-0.15, -0.1) is 0 Å². The topological polar surface area (TPSA) is 29.9 Å². The second kappa shape index (κ2) is 5.66. The van der Waals surface area contributed by atoms with Crippen LogP contribution in [0.25, 0.3) is 0 Å². The van der Waals surface area contributed by atoms with E-state index in [0.717, 1.165) is 24.3 Å². The zero-order chi connectivity index (χ0) is 13.2. The van der Waals surface area contributed by atoms with Gasteiger partial charge in [0.15, 0.2) is 0 Å². The lowest BCUT2D eigenvalue weighted by Crippen LogP contribution is -2.26. The minimum Gasteiger partial charge on any atom is -0.310 e. The minimum absolute atomic E-state index is 0.512. The molecule has 2 aliphatic carbocycles. The molecule has 4 unspecified atom stereocenters. The van der Waals surface area contributed by atoms with Crippen LogP contribution in [-0.2, 0) is 7.05 Å². The minimum atomic E-state index is 0.512. The smallest absolute Gasteiger partial charge is 0.0537 e. The zero-order valence-corrected chi connectivity index (χ0v) is 12.3. The van der Waals surface area contributed by atoms with E-state index < -0.39 is 0 Å². The van der Waals surface area contributed by atoms with Crippen LogP contribution < -0.4 is 5.32 Å². The van der Waals surface area contributed by atoms with Gasteiger partial charge in [0.25, 0.3) is 0 Å². The molecular formula is C16H27N3. The summed E-state index contributed by atoms with van der Waals surface area (Å²) < 4.78 is 1.93. The van der Waals surface area contributed by atoms with Crippen molar-refractivity contribution < 1.29 is 0 Å². The number of rotatable bonds is 6. The Bertz CT molecular complexity index is 412. The Kier molecular flexibility index (Phi) is 3.92. The Hall–Kier alpha value is -0.830. The van der Waals surface area contributed by atoms with Crippen molar-refractivity contribution in [2.75, 3.05) is 6.54 Å². The molecule has 1 aromatic rings. The lowest BCUT2D eigenvalue weighted by Gasteiger charge is -2.27. The lowest BCUT2D eigenvalue weighted by molar-refractivity contribution is 0.279. The van der Waals surface area contributed by atoms with E-state index in [1.165, 1.54) is 44.1 Å². The van der Waals surface area contributed by atoms with Crippen LogP contribution in [0.15, 0.2) is 12.4 Å². The highest BCUT2D eigenvalue weighted by atomic mass is 15.2. The van der Waals surface area contributed by atoms with Crippen molar-refractivity contribution in [1.29, 1.82) is 0 Å². The van der Waals surface area contributed by atoms with E-state index in [2.05, 4.69) is 23.5 Å². The van der Waals surface area contributed by atoms with Crippen LogP contribution in [0.4, 0.5) is 0 Å². The number of aromatic nitrogens is 2. The SMILES string of the molecule is CCCNC(CC1CC2CCC1C2)c1cnn(C)c1. The highest BCUT2D eigenvalue weighted by molar-refractivity contribution is 5.11. The molecule has 2 bridgehead atoms. The Balaban J connectivity index is 1.65. The van der Waals surface area contributed by atoms with Gasteiger partial charge in [0.05, 0.1) is 6.20 Å². The van der Waals surface area contributed by atoms with Gasteiger partial charge in [0.1, 0.15) is 0 Å². The van der Waals surface area contributed by atoms with Crippen LogP contribution in [0.3, 0.4) is 0 Å². The van der Waals surface area contributed by atoms with Crippen molar-refractivity contribution in [3.05, 3.63) is 18.0 Å². The summed E-state index contributed by atoms with van der Waals surface area (Å²) in [6.07, 6.45) is 12.7. The van der Waals surface area contributed by atoms with Crippen molar-refractivity contribution in [3.8, 4) is 0 Å². The van der Waals surface area contributed by atoms with Crippen LogP contribution in [0.5, 0.6) is 0 Å². The van der Waals surface area contributed by atoms with Crippen molar-refractivity contribution in [2.45, 2.75) is 51.5 Å². The summed E-state index contributed by atoms with van der Waals surface area (Å²) in [5, 5.41) is 8.08. The molecule has 2 aliphatic rings. The van der Waals surface area contributed by atoms with Gasteiger partial charge in [-0.3, -0.25) is 4.68 Å². The maximum absolute atomic E-state index is 4.34. The molecule has 2 saturated carbocycles. The summed E-state index contributed by atoms with van der Waals surface area (Å²) in [5.41, 5.74) is 1.37. The second-order valence-corrected chi connectivity index (χ2v) is 6.62. The van der Waals surface area contributed by atoms with Crippen LogP contribution in [0, 0.1) is 17.8 Å². The van der Waals surface area contributed by atoms with Gasteiger partial charge in [-0.05, 0) is 56.4 Å². The van der Waals surface area contributed by atoms with Crippen molar-refractivity contribution >= 4 is 0 Å². The lowest BCUT2D eigenvalue weighted by atomic mass is 9.83. The summed E-state index contributed by atoms with van der Waals surface area (Å²) in [6, 6.07) is 0.512. The average Bonchev–Trinajstić information content (AvgIpc) is 3.10. The quantitative estimate of drug-likeness (QED) is 0.851. The first kappa shape index (κ1) is 13.2. The van der Waals surface area contributed by atoms with E-state index in [1.807, 2.05) is 17.9 Å². The van der Waals surface area contributed by atoms with Gasteiger partial charge >= 0.3 is 0 Å². The molecule has 0 radical (unpaired) electrons. The predicted octanol–water partition coefficient (Wildman–Crippen LogP) is 3.29. The third-order valence-electron chi connectivity index (χ3n) is 5.19. The van der Waals surface area contributed by atoms with Gasteiger partial charge in [-0.1, -0.05) is 13.3 Å². The molecule has 0 aromatic carbocycles. The largest absolute Gasteiger partial charge is 0.310 e. The Morgan fingerprint density at radius 1 is 1.42 bits per heavy atom. The fourth-order valence-corrected chi connectivity index (χ4v) is 4.24. The maximum Gasteiger partial charge on any atom is 0.0537 e. The zero-order valence-electron chi connectivity index (χ0n) is 12.3. The molecule has 0 saturated heterocycles. The van der Waals surface area contributed by atoms with Gasteiger partial charge in [0, 0.05) is 24.8 Å². The van der Waals surface area contributed by atoms with E-state index in [9.17, 15) is 0 Å². The normalized spacial score (nSPS) is 30.9. The molecule has 3 nitrogen and oxygen atoms in total. The van der Waals surface area contributed by atoms with E-state index in [1.54, 1.807) is 0 Å². The molecule has 2 fully saturated rings. The molecule has 3 rings (SSSR count). The summed E-state index contributed by atoms with van der Waals surface area (Å²) in [4.78, 5) is 0. The molecule has 0 aliphatic heterocycles. The molecule has 0 amide bonds. The average molecular weight is 261 g/mol. The van der Waals surface area contributed by atoms with E-state index >= 15 is 0 Å². The Morgan fingerprint density at radius 2 is 2.32 bits per heavy atom. The first-order valence-electron chi connectivity index (χ1n) is 7.98. The van der Waals surface area contributed by atoms with Crippen molar-refractivity contribution in [3.63, 3.8) is 0 Å². The third kappa shape index (κ3) is 2.86. The highest BCUT2D eigenvalue weighted by Gasteiger charge is 2.40. The first-order valence-corrected chi connectivity index (χ1v) is 7.98.